The molecule has 152 valence electrons. The highest BCUT2D eigenvalue weighted by atomic mass is 16.5. The molecule has 29 heavy (non-hydrogen) atoms. The third-order valence-corrected chi connectivity index (χ3v) is 4.56. The van der Waals surface area contributed by atoms with Crippen molar-refractivity contribution < 1.29 is 23.9 Å². The topological polar surface area (TPSA) is 93.7 Å². The van der Waals surface area contributed by atoms with Crippen LogP contribution in [0.3, 0.4) is 0 Å². The van der Waals surface area contributed by atoms with Crippen molar-refractivity contribution in [3.05, 3.63) is 54.1 Å². The molecule has 2 aromatic carbocycles. The molecule has 0 bridgehead atoms. The Kier molecular flexibility index (Phi) is 6.49. The Hall–Kier alpha value is -3.35. The third kappa shape index (κ3) is 5.34. The van der Waals surface area contributed by atoms with Gasteiger partial charge in [-0.2, -0.15) is 0 Å². The van der Waals surface area contributed by atoms with E-state index in [-0.39, 0.29) is 23.7 Å². The van der Waals surface area contributed by atoms with Gasteiger partial charge in [0.25, 0.3) is 0 Å². The normalized spacial score (nSPS) is 17.2. The highest BCUT2D eigenvalue weighted by Gasteiger charge is 2.48. The molecule has 7 nitrogen and oxygen atoms in total. The second kappa shape index (κ2) is 9.23. The van der Waals surface area contributed by atoms with Crippen molar-refractivity contribution in [3.8, 4) is 5.75 Å². The van der Waals surface area contributed by atoms with Crippen LogP contribution in [0.15, 0.2) is 48.5 Å². The molecule has 0 radical (unpaired) electrons. The van der Waals surface area contributed by atoms with Gasteiger partial charge in [0.1, 0.15) is 5.75 Å². The lowest BCUT2D eigenvalue weighted by Crippen LogP contribution is -2.20. The van der Waals surface area contributed by atoms with E-state index >= 15 is 0 Å². The van der Waals surface area contributed by atoms with Gasteiger partial charge < -0.3 is 20.1 Å². The SMILES string of the molecule is CCOC(=O)c1ccc(NC(=O)C2CC2C(=O)Nc2ccc(OCC)cc2)cc1. The van der Waals surface area contributed by atoms with E-state index in [1.165, 1.54) is 0 Å². The second-order valence-corrected chi connectivity index (χ2v) is 6.68. The van der Waals surface area contributed by atoms with Crippen molar-refractivity contribution in [2.24, 2.45) is 11.8 Å². The Bertz CT molecular complexity index is 877. The van der Waals surface area contributed by atoms with Crippen molar-refractivity contribution in [3.63, 3.8) is 0 Å². The third-order valence-electron chi connectivity index (χ3n) is 4.56. The van der Waals surface area contributed by atoms with Crippen LogP contribution in [-0.2, 0) is 14.3 Å². The summed E-state index contributed by atoms with van der Waals surface area (Å²) in [6.45, 7) is 4.53. The fourth-order valence-corrected chi connectivity index (χ4v) is 2.95. The fraction of sp³-hybridized carbons (Fsp3) is 0.318. The zero-order valence-corrected chi connectivity index (χ0v) is 16.4. The van der Waals surface area contributed by atoms with Gasteiger partial charge in [-0.1, -0.05) is 0 Å². The average Bonchev–Trinajstić information content (AvgIpc) is 3.52. The van der Waals surface area contributed by atoms with Gasteiger partial charge in [0, 0.05) is 11.4 Å². The molecule has 2 aromatic rings. The summed E-state index contributed by atoms with van der Waals surface area (Å²) in [6, 6.07) is 13.6. The highest BCUT2D eigenvalue weighted by molar-refractivity contribution is 6.03. The van der Waals surface area contributed by atoms with Crippen LogP contribution in [0.25, 0.3) is 0 Å². The molecule has 1 aliphatic rings. The molecule has 2 amide bonds. The van der Waals surface area contributed by atoms with Crippen molar-refractivity contribution in [1.29, 1.82) is 0 Å². The molecule has 0 aromatic heterocycles. The number of hydrogen-bond acceptors (Lipinski definition) is 5. The zero-order valence-electron chi connectivity index (χ0n) is 16.4. The molecule has 0 heterocycles. The van der Waals surface area contributed by atoms with Crippen LogP contribution in [0.2, 0.25) is 0 Å². The maximum atomic E-state index is 12.4. The largest absolute Gasteiger partial charge is 0.494 e. The molecular weight excluding hydrogens is 372 g/mol. The number of anilines is 2. The van der Waals surface area contributed by atoms with E-state index in [0.29, 0.717) is 36.6 Å². The summed E-state index contributed by atoms with van der Waals surface area (Å²) in [4.78, 5) is 36.4. The monoisotopic (exact) mass is 396 g/mol. The van der Waals surface area contributed by atoms with Crippen molar-refractivity contribution >= 4 is 29.2 Å². The lowest BCUT2D eigenvalue weighted by atomic mass is 10.2. The van der Waals surface area contributed by atoms with Crippen LogP contribution in [0.5, 0.6) is 5.75 Å². The minimum absolute atomic E-state index is 0.174. The van der Waals surface area contributed by atoms with Crippen molar-refractivity contribution in [2.45, 2.75) is 20.3 Å². The summed E-state index contributed by atoms with van der Waals surface area (Å²) < 4.78 is 10.3. The van der Waals surface area contributed by atoms with Gasteiger partial charge >= 0.3 is 5.97 Å². The Labute approximate surface area is 169 Å². The Morgan fingerprint density at radius 3 is 1.83 bits per heavy atom. The number of hydrogen-bond donors (Lipinski definition) is 2. The van der Waals surface area contributed by atoms with Crippen LogP contribution in [-0.4, -0.2) is 31.0 Å². The van der Waals surface area contributed by atoms with Gasteiger partial charge in [-0.15, -0.1) is 0 Å². The van der Waals surface area contributed by atoms with Gasteiger partial charge in [0.05, 0.1) is 30.6 Å². The molecule has 0 spiro atoms. The van der Waals surface area contributed by atoms with Crippen molar-refractivity contribution in [2.75, 3.05) is 23.8 Å². The lowest BCUT2D eigenvalue weighted by molar-refractivity contribution is -0.122. The summed E-state index contributed by atoms with van der Waals surface area (Å²) in [7, 11) is 0. The summed E-state index contributed by atoms with van der Waals surface area (Å²) >= 11 is 0. The summed E-state index contributed by atoms with van der Waals surface area (Å²) in [6.07, 6.45) is 0.510. The van der Waals surface area contributed by atoms with Gasteiger partial charge in [-0.3, -0.25) is 9.59 Å². The summed E-state index contributed by atoms with van der Waals surface area (Å²) in [5.41, 5.74) is 1.66. The van der Waals surface area contributed by atoms with Crippen LogP contribution in [0.1, 0.15) is 30.6 Å². The van der Waals surface area contributed by atoms with Gasteiger partial charge in [-0.05, 0) is 68.8 Å². The highest BCUT2D eigenvalue weighted by Crippen LogP contribution is 2.40. The van der Waals surface area contributed by atoms with Gasteiger partial charge in [0.2, 0.25) is 11.8 Å². The number of ether oxygens (including phenoxy) is 2. The van der Waals surface area contributed by atoms with E-state index < -0.39 is 5.97 Å². The summed E-state index contributed by atoms with van der Waals surface area (Å²) in [5.74, 6) is -0.753. The summed E-state index contributed by atoms with van der Waals surface area (Å²) in [5, 5.41) is 5.61. The van der Waals surface area contributed by atoms with Gasteiger partial charge in [-0.25, -0.2) is 4.79 Å². The average molecular weight is 396 g/mol. The molecule has 1 fully saturated rings. The van der Waals surface area contributed by atoms with E-state index in [9.17, 15) is 14.4 Å². The molecule has 0 aliphatic heterocycles. The molecule has 1 saturated carbocycles. The Balaban J connectivity index is 1.49. The fourth-order valence-electron chi connectivity index (χ4n) is 2.95. The predicted molar refractivity (Wildman–Crippen MR) is 109 cm³/mol. The number of rotatable bonds is 8. The first kappa shape index (κ1) is 20.4. The molecule has 3 rings (SSSR count). The number of carbonyl (C=O) groups excluding carboxylic acids is 3. The van der Waals surface area contributed by atoms with E-state index in [4.69, 9.17) is 9.47 Å². The molecular formula is C22H24N2O5. The number of amides is 2. The second-order valence-electron chi connectivity index (χ2n) is 6.68. The molecule has 2 unspecified atom stereocenters. The number of esters is 1. The quantitative estimate of drug-likeness (QED) is 0.667. The molecule has 0 saturated heterocycles. The molecule has 2 atom stereocenters. The standard InChI is InChI=1S/C22H24N2O5/c1-3-28-17-11-9-16(10-12-17)24-21(26)19-13-18(19)20(25)23-15-7-5-14(6-8-15)22(27)29-4-2/h5-12,18-19H,3-4,13H2,1-2H3,(H,23,25)(H,24,26). The molecule has 2 N–H and O–H groups in total. The van der Waals surface area contributed by atoms with Crippen LogP contribution in [0.4, 0.5) is 11.4 Å². The predicted octanol–water partition coefficient (Wildman–Crippen LogP) is 3.48. The number of carbonyl (C=O) groups is 3. The first-order valence-electron chi connectivity index (χ1n) is 9.63. The maximum absolute atomic E-state index is 12.4. The maximum Gasteiger partial charge on any atom is 0.338 e. The Morgan fingerprint density at radius 1 is 0.828 bits per heavy atom. The van der Waals surface area contributed by atoms with E-state index in [1.807, 2.05) is 6.92 Å². The smallest absolute Gasteiger partial charge is 0.338 e. The van der Waals surface area contributed by atoms with E-state index in [0.717, 1.165) is 5.75 Å². The van der Waals surface area contributed by atoms with Crippen molar-refractivity contribution in [1.82, 2.24) is 0 Å². The van der Waals surface area contributed by atoms with Crippen LogP contribution in [0, 0.1) is 11.8 Å². The number of benzene rings is 2. The van der Waals surface area contributed by atoms with E-state index in [1.54, 1.807) is 55.5 Å². The first-order chi connectivity index (χ1) is 14.0. The van der Waals surface area contributed by atoms with E-state index in [2.05, 4.69) is 10.6 Å². The minimum Gasteiger partial charge on any atom is -0.494 e. The lowest BCUT2D eigenvalue weighted by Gasteiger charge is -2.08. The molecule has 7 heteroatoms. The van der Waals surface area contributed by atoms with Crippen LogP contribution < -0.4 is 15.4 Å². The number of nitrogens with one attached hydrogen (secondary N) is 2. The Morgan fingerprint density at radius 2 is 1.34 bits per heavy atom. The minimum atomic E-state index is -0.404. The first-order valence-corrected chi connectivity index (χ1v) is 9.63. The zero-order chi connectivity index (χ0) is 20.8. The van der Waals surface area contributed by atoms with Crippen LogP contribution >= 0.6 is 0 Å². The van der Waals surface area contributed by atoms with Gasteiger partial charge in [0.15, 0.2) is 0 Å². The molecule has 1 aliphatic carbocycles.